The SMILES string of the molecule is O=C(CSc1cn(Cc2ccccc2Cl)c2ccccc12)NC1CCCCC1. The van der Waals surface area contributed by atoms with Gasteiger partial charge in [0.15, 0.2) is 0 Å². The van der Waals surface area contributed by atoms with Crippen molar-refractivity contribution in [2.45, 2.75) is 49.6 Å². The molecule has 1 aliphatic carbocycles. The normalized spacial score (nSPS) is 15.0. The molecule has 1 N–H and O–H groups in total. The Morgan fingerprint density at radius 3 is 2.64 bits per heavy atom. The summed E-state index contributed by atoms with van der Waals surface area (Å²) in [5, 5.41) is 5.17. The average molecular weight is 413 g/mol. The van der Waals surface area contributed by atoms with Gasteiger partial charge in [0.25, 0.3) is 0 Å². The molecule has 2 aromatic carbocycles. The molecule has 1 fully saturated rings. The zero-order chi connectivity index (χ0) is 19.3. The standard InChI is InChI=1S/C23H25ClN2OS/c24-20-12-6-4-8-17(20)14-26-15-22(19-11-5-7-13-21(19)26)28-16-23(27)25-18-9-2-1-3-10-18/h4-8,11-13,15,18H,1-3,9-10,14,16H2,(H,25,27). The first-order valence-corrected chi connectivity index (χ1v) is 11.3. The molecule has 5 heteroatoms. The van der Waals surface area contributed by atoms with E-state index in [0.717, 1.165) is 40.4 Å². The molecule has 3 aromatic rings. The van der Waals surface area contributed by atoms with Crippen LogP contribution in [-0.4, -0.2) is 22.3 Å². The van der Waals surface area contributed by atoms with Crippen molar-refractivity contribution < 1.29 is 4.79 Å². The van der Waals surface area contributed by atoms with E-state index in [4.69, 9.17) is 11.6 Å². The maximum atomic E-state index is 12.4. The van der Waals surface area contributed by atoms with Crippen molar-refractivity contribution in [2.24, 2.45) is 0 Å². The summed E-state index contributed by atoms with van der Waals surface area (Å²) in [5.41, 5.74) is 2.26. The molecule has 1 amide bonds. The highest BCUT2D eigenvalue weighted by Crippen LogP contribution is 2.31. The van der Waals surface area contributed by atoms with Crippen molar-refractivity contribution in [1.29, 1.82) is 0 Å². The van der Waals surface area contributed by atoms with Crippen LogP contribution in [0.4, 0.5) is 0 Å². The summed E-state index contributed by atoms with van der Waals surface area (Å²) in [6.45, 7) is 0.717. The Morgan fingerprint density at radius 2 is 1.82 bits per heavy atom. The van der Waals surface area contributed by atoms with E-state index in [-0.39, 0.29) is 5.91 Å². The van der Waals surface area contributed by atoms with Gasteiger partial charge in [-0.05, 0) is 30.5 Å². The van der Waals surface area contributed by atoms with Crippen LogP contribution in [0.5, 0.6) is 0 Å². The van der Waals surface area contributed by atoms with E-state index < -0.39 is 0 Å². The highest BCUT2D eigenvalue weighted by atomic mass is 35.5. The molecule has 0 unspecified atom stereocenters. The molecule has 146 valence electrons. The van der Waals surface area contributed by atoms with Gasteiger partial charge in [0.2, 0.25) is 5.91 Å². The quantitative estimate of drug-likeness (QED) is 0.512. The van der Waals surface area contributed by atoms with E-state index in [1.165, 1.54) is 24.6 Å². The van der Waals surface area contributed by atoms with E-state index in [1.54, 1.807) is 11.8 Å². The van der Waals surface area contributed by atoms with Crippen LogP contribution in [0.1, 0.15) is 37.7 Å². The van der Waals surface area contributed by atoms with Crippen molar-refractivity contribution >= 4 is 40.2 Å². The molecule has 0 radical (unpaired) electrons. The highest BCUT2D eigenvalue weighted by Gasteiger charge is 2.17. The summed E-state index contributed by atoms with van der Waals surface area (Å²) in [6, 6.07) is 16.7. The van der Waals surface area contributed by atoms with Gasteiger partial charge >= 0.3 is 0 Å². The van der Waals surface area contributed by atoms with Crippen LogP contribution in [0, 0.1) is 0 Å². The summed E-state index contributed by atoms with van der Waals surface area (Å²) in [5.74, 6) is 0.594. The minimum absolute atomic E-state index is 0.139. The summed E-state index contributed by atoms with van der Waals surface area (Å²) < 4.78 is 2.22. The first-order chi connectivity index (χ1) is 13.7. The van der Waals surface area contributed by atoms with Crippen LogP contribution in [0.3, 0.4) is 0 Å². The Kier molecular flexibility index (Phi) is 6.28. The molecule has 4 rings (SSSR count). The predicted molar refractivity (Wildman–Crippen MR) is 118 cm³/mol. The van der Waals surface area contributed by atoms with E-state index in [0.29, 0.717) is 11.8 Å². The largest absolute Gasteiger partial charge is 0.353 e. The number of rotatable bonds is 6. The maximum absolute atomic E-state index is 12.4. The lowest BCUT2D eigenvalue weighted by Gasteiger charge is -2.22. The number of nitrogens with zero attached hydrogens (tertiary/aromatic N) is 1. The lowest BCUT2D eigenvalue weighted by molar-refractivity contribution is -0.119. The predicted octanol–water partition coefficient (Wildman–Crippen LogP) is 5.88. The molecule has 1 saturated carbocycles. The Bertz CT molecular complexity index is 962. The molecule has 3 nitrogen and oxygen atoms in total. The van der Waals surface area contributed by atoms with E-state index >= 15 is 0 Å². The Hall–Kier alpha value is -1.91. The van der Waals surface area contributed by atoms with Gasteiger partial charge in [-0.2, -0.15) is 0 Å². The smallest absolute Gasteiger partial charge is 0.230 e. The second kappa shape index (κ2) is 9.06. The zero-order valence-corrected chi connectivity index (χ0v) is 17.4. The minimum atomic E-state index is 0.139. The van der Waals surface area contributed by atoms with Crippen molar-refractivity contribution in [1.82, 2.24) is 9.88 Å². The van der Waals surface area contributed by atoms with Crippen LogP contribution < -0.4 is 5.32 Å². The van der Waals surface area contributed by atoms with E-state index in [9.17, 15) is 4.79 Å². The summed E-state index contributed by atoms with van der Waals surface area (Å²) in [7, 11) is 0. The number of thioether (sulfide) groups is 1. The van der Waals surface area contributed by atoms with Gasteiger partial charge in [0.05, 0.1) is 5.75 Å². The lowest BCUT2D eigenvalue weighted by atomic mass is 9.95. The molecule has 1 aliphatic rings. The van der Waals surface area contributed by atoms with Crippen LogP contribution in [0.2, 0.25) is 5.02 Å². The third-order valence-electron chi connectivity index (χ3n) is 5.38. The number of hydrogen-bond acceptors (Lipinski definition) is 2. The number of amides is 1. The van der Waals surface area contributed by atoms with Crippen molar-refractivity contribution in [2.75, 3.05) is 5.75 Å². The molecule has 1 aromatic heterocycles. The molecule has 0 saturated heterocycles. The number of fused-ring (bicyclic) bond motifs is 1. The number of halogens is 1. The molecule has 28 heavy (non-hydrogen) atoms. The number of para-hydroxylation sites is 1. The van der Waals surface area contributed by atoms with Gasteiger partial charge in [-0.1, -0.05) is 67.3 Å². The minimum Gasteiger partial charge on any atom is -0.353 e. The first kappa shape index (κ1) is 19.4. The Balaban J connectivity index is 1.48. The molecule has 0 atom stereocenters. The molecule has 0 bridgehead atoms. The van der Waals surface area contributed by atoms with Crippen molar-refractivity contribution in [3.63, 3.8) is 0 Å². The molecular formula is C23H25ClN2OS. The molecule has 0 spiro atoms. The number of aromatic nitrogens is 1. The first-order valence-electron chi connectivity index (χ1n) is 9.94. The Morgan fingerprint density at radius 1 is 1.07 bits per heavy atom. The fourth-order valence-corrected chi connectivity index (χ4v) is 5.02. The number of carbonyl (C=O) groups excluding carboxylic acids is 1. The van der Waals surface area contributed by atoms with Gasteiger partial charge < -0.3 is 9.88 Å². The van der Waals surface area contributed by atoms with Crippen LogP contribution in [0.15, 0.2) is 59.6 Å². The van der Waals surface area contributed by atoms with Gasteiger partial charge in [0, 0.05) is 39.6 Å². The van der Waals surface area contributed by atoms with Gasteiger partial charge in [-0.25, -0.2) is 0 Å². The molecular weight excluding hydrogens is 388 g/mol. The number of carbonyl (C=O) groups is 1. The molecule has 0 aliphatic heterocycles. The van der Waals surface area contributed by atoms with Crippen LogP contribution >= 0.6 is 23.4 Å². The zero-order valence-electron chi connectivity index (χ0n) is 15.9. The fourth-order valence-electron chi connectivity index (χ4n) is 3.93. The third-order valence-corrected chi connectivity index (χ3v) is 6.79. The van der Waals surface area contributed by atoms with Gasteiger partial charge in [-0.15, -0.1) is 11.8 Å². The summed E-state index contributed by atoms with van der Waals surface area (Å²) >= 11 is 7.97. The number of benzene rings is 2. The highest BCUT2D eigenvalue weighted by molar-refractivity contribution is 8.00. The number of hydrogen-bond donors (Lipinski definition) is 1. The van der Waals surface area contributed by atoms with E-state index in [1.807, 2.05) is 24.3 Å². The maximum Gasteiger partial charge on any atom is 0.230 e. The second-order valence-corrected chi connectivity index (χ2v) is 8.85. The summed E-state index contributed by atoms with van der Waals surface area (Å²) in [6.07, 6.45) is 8.14. The second-order valence-electron chi connectivity index (χ2n) is 7.42. The topological polar surface area (TPSA) is 34.0 Å². The van der Waals surface area contributed by atoms with Crippen molar-refractivity contribution in [3.8, 4) is 0 Å². The Labute approximate surface area is 175 Å². The van der Waals surface area contributed by atoms with Crippen molar-refractivity contribution in [3.05, 3.63) is 65.3 Å². The summed E-state index contributed by atoms with van der Waals surface area (Å²) in [4.78, 5) is 13.5. The van der Waals surface area contributed by atoms with Crippen LogP contribution in [0.25, 0.3) is 10.9 Å². The third kappa shape index (κ3) is 4.56. The monoisotopic (exact) mass is 412 g/mol. The van der Waals surface area contributed by atoms with E-state index in [2.05, 4.69) is 40.3 Å². The van der Waals surface area contributed by atoms with Gasteiger partial charge in [-0.3, -0.25) is 4.79 Å². The fraction of sp³-hybridized carbons (Fsp3) is 0.348. The average Bonchev–Trinajstić information content (AvgIpc) is 3.07. The van der Waals surface area contributed by atoms with Gasteiger partial charge in [0.1, 0.15) is 0 Å². The lowest BCUT2D eigenvalue weighted by Crippen LogP contribution is -2.37. The van der Waals surface area contributed by atoms with Crippen LogP contribution in [-0.2, 0) is 11.3 Å². The number of nitrogens with one attached hydrogen (secondary N) is 1. The molecule has 1 heterocycles.